The number of carboxylic acids is 1. The summed E-state index contributed by atoms with van der Waals surface area (Å²) >= 11 is 0. The second-order valence-corrected chi connectivity index (χ2v) is 5.21. The van der Waals surface area contributed by atoms with Crippen molar-refractivity contribution in [2.45, 2.75) is 12.8 Å². The summed E-state index contributed by atoms with van der Waals surface area (Å²) in [6.07, 6.45) is 0. The molecule has 114 valence electrons. The van der Waals surface area contributed by atoms with Crippen molar-refractivity contribution in [1.29, 1.82) is 0 Å². The summed E-state index contributed by atoms with van der Waals surface area (Å²) in [5.41, 5.74) is 1.81. The number of aromatic carboxylic acids is 1. The lowest BCUT2D eigenvalue weighted by atomic mass is 10.0. The van der Waals surface area contributed by atoms with Crippen molar-refractivity contribution in [3.05, 3.63) is 41.2 Å². The van der Waals surface area contributed by atoms with Crippen molar-refractivity contribution in [3.63, 3.8) is 0 Å². The number of ether oxygens (including phenoxy) is 1. The van der Waals surface area contributed by atoms with Crippen molar-refractivity contribution in [2.75, 3.05) is 18.6 Å². The number of nitrogens with zero attached hydrogens (tertiary/aromatic N) is 2. The lowest BCUT2D eigenvalue weighted by Crippen LogP contribution is -2.29. The molecular weight excluding hydrogens is 286 g/mol. The zero-order valence-corrected chi connectivity index (χ0v) is 12.2. The molecule has 0 radical (unpaired) electrons. The number of hydrogen-bond acceptors (Lipinski definition) is 4. The molecule has 1 aliphatic rings. The number of amides is 1. The van der Waals surface area contributed by atoms with Gasteiger partial charge in [0, 0.05) is 24.6 Å². The summed E-state index contributed by atoms with van der Waals surface area (Å²) in [5, 5.41) is 15.0. The van der Waals surface area contributed by atoms with Crippen LogP contribution < -0.4 is 9.64 Å². The maximum atomic E-state index is 12.6. The molecule has 1 aliphatic heterocycles. The lowest BCUT2D eigenvalue weighted by molar-refractivity contribution is 0.0690. The molecule has 1 amide bonds. The van der Waals surface area contributed by atoms with Crippen LogP contribution in [0.4, 0.5) is 5.69 Å². The number of carbonyl (C=O) groups excluding carboxylic acids is 1. The smallest absolute Gasteiger partial charge is 0.353 e. The minimum absolute atomic E-state index is 0.0836. The highest BCUT2D eigenvalue weighted by atomic mass is 16.5. The normalized spacial score (nSPS) is 16.5. The SMILES string of the molecule is COc1ccc2c(c1)N(C(=O)c1cc(C(=O)O)[nH]n1)CC2C. The minimum atomic E-state index is -1.15. The molecule has 0 bridgehead atoms. The van der Waals surface area contributed by atoms with E-state index in [1.165, 1.54) is 6.07 Å². The molecule has 1 atom stereocenters. The summed E-state index contributed by atoms with van der Waals surface area (Å²) in [5.74, 6) is -0.618. The number of carbonyl (C=O) groups is 2. The third-order valence-electron chi connectivity index (χ3n) is 3.79. The van der Waals surface area contributed by atoms with Gasteiger partial charge in [-0.05, 0) is 11.6 Å². The monoisotopic (exact) mass is 301 g/mol. The van der Waals surface area contributed by atoms with E-state index in [4.69, 9.17) is 9.84 Å². The molecule has 0 aliphatic carbocycles. The molecule has 3 rings (SSSR count). The number of benzene rings is 1. The van der Waals surface area contributed by atoms with Crippen molar-refractivity contribution in [1.82, 2.24) is 10.2 Å². The van der Waals surface area contributed by atoms with Gasteiger partial charge in [0.2, 0.25) is 0 Å². The Balaban J connectivity index is 1.96. The Morgan fingerprint density at radius 1 is 1.41 bits per heavy atom. The zero-order chi connectivity index (χ0) is 15.9. The van der Waals surface area contributed by atoms with Crippen LogP contribution in [0.1, 0.15) is 39.4 Å². The highest BCUT2D eigenvalue weighted by Gasteiger charge is 2.32. The van der Waals surface area contributed by atoms with E-state index in [2.05, 4.69) is 10.2 Å². The van der Waals surface area contributed by atoms with E-state index in [-0.39, 0.29) is 23.2 Å². The molecule has 7 nitrogen and oxygen atoms in total. The van der Waals surface area contributed by atoms with Gasteiger partial charge in [-0.3, -0.25) is 9.89 Å². The number of anilines is 1. The predicted octanol–water partition coefficient (Wildman–Crippen LogP) is 1.88. The summed E-state index contributed by atoms with van der Waals surface area (Å²) in [6.45, 7) is 2.56. The first kappa shape index (κ1) is 14.1. The molecule has 0 saturated carbocycles. The molecule has 22 heavy (non-hydrogen) atoms. The molecule has 7 heteroatoms. The standard InChI is InChI=1S/C15H15N3O4/c1-8-7-18(13-5-9(22-2)3-4-10(8)13)14(19)11-6-12(15(20)21)17-16-11/h3-6,8H,7H2,1-2H3,(H,16,17)(H,20,21). The second kappa shape index (κ2) is 5.18. The van der Waals surface area contributed by atoms with Gasteiger partial charge in [0.25, 0.3) is 5.91 Å². The second-order valence-electron chi connectivity index (χ2n) is 5.21. The Kier molecular flexibility index (Phi) is 3.32. The Bertz CT molecular complexity index is 753. The third kappa shape index (κ3) is 2.20. The largest absolute Gasteiger partial charge is 0.497 e. The fraction of sp³-hybridized carbons (Fsp3) is 0.267. The van der Waals surface area contributed by atoms with Crippen molar-refractivity contribution in [2.24, 2.45) is 0 Å². The molecule has 0 fully saturated rings. The minimum Gasteiger partial charge on any atom is -0.497 e. The van der Waals surface area contributed by atoms with Gasteiger partial charge >= 0.3 is 5.97 Å². The van der Waals surface area contributed by atoms with Gasteiger partial charge in [-0.1, -0.05) is 13.0 Å². The number of H-pyrrole nitrogens is 1. The van der Waals surface area contributed by atoms with Gasteiger partial charge in [0.1, 0.15) is 11.4 Å². The van der Waals surface area contributed by atoms with Gasteiger partial charge in [-0.15, -0.1) is 0 Å². The topological polar surface area (TPSA) is 95.5 Å². The van der Waals surface area contributed by atoms with Crippen molar-refractivity contribution >= 4 is 17.6 Å². The highest BCUT2D eigenvalue weighted by molar-refractivity contribution is 6.07. The maximum absolute atomic E-state index is 12.6. The predicted molar refractivity (Wildman–Crippen MR) is 78.6 cm³/mol. The van der Waals surface area contributed by atoms with Gasteiger partial charge in [0.15, 0.2) is 5.69 Å². The molecular formula is C15H15N3O4. The Hall–Kier alpha value is -2.83. The highest BCUT2D eigenvalue weighted by Crippen LogP contribution is 2.38. The number of rotatable bonds is 3. The quantitative estimate of drug-likeness (QED) is 0.902. The molecule has 0 saturated heterocycles. The van der Waals surface area contributed by atoms with Crippen molar-refractivity contribution < 1.29 is 19.4 Å². The number of fused-ring (bicyclic) bond motifs is 1. The summed E-state index contributed by atoms with van der Waals surface area (Å²) in [7, 11) is 1.57. The van der Waals surface area contributed by atoms with Crippen LogP contribution in [0.25, 0.3) is 0 Å². The molecule has 2 aromatic rings. The van der Waals surface area contributed by atoms with Crippen LogP contribution in [0.3, 0.4) is 0 Å². The zero-order valence-electron chi connectivity index (χ0n) is 12.2. The van der Waals surface area contributed by atoms with E-state index in [0.29, 0.717) is 12.3 Å². The number of carboxylic acid groups (broad SMARTS) is 1. The van der Waals surface area contributed by atoms with Crippen LogP contribution in [-0.2, 0) is 0 Å². The first-order valence-electron chi connectivity index (χ1n) is 6.79. The molecule has 2 heterocycles. The van der Waals surface area contributed by atoms with Gasteiger partial charge in [0.05, 0.1) is 12.8 Å². The fourth-order valence-corrected chi connectivity index (χ4v) is 2.64. The molecule has 2 N–H and O–H groups in total. The van der Waals surface area contributed by atoms with Crippen LogP contribution in [0, 0.1) is 0 Å². The van der Waals surface area contributed by atoms with Gasteiger partial charge in [-0.25, -0.2) is 4.79 Å². The number of aromatic nitrogens is 2. The fourth-order valence-electron chi connectivity index (χ4n) is 2.64. The number of aromatic amines is 1. The Morgan fingerprint density at radius 2 is 2.18 bits per heavy atom. The Labute approximate surface area is 126 Å². The van der Waals surface area contributed by atoms with Crippen LogP contribution in [0.15, 0.2) is 24.3 Å². The van der Waals surface area contributed by atoms with Gasteiger partial charge in [-0.2, -0.15) is 5.10 Å². The van der Waals surface area contributed by atoms with Crippen LogP contribution in [0.2, 0.25) is 0 Å². The number of methoxy groups -OCH3 is 1. The average molecular weight is 301 g/mol. The first-order valence-corrected chi connectivity index (χ1v) is 6.79. The molecule has 1 aromatic carbocycles. The Morgan fingerprint density at radius 3 is 2.82 bits per heavy atom. The van der Waals surface area contributed by atoms with E-state index in [1.54, 1.807) is 12.0 Å². The van der Waals surface area contributed by atoms with E-state index in [1.807, 2.05) is 25.1 Å². The van der Waals surface area contributed by atoms with Gasteiger partial charge < -0.3 is 14.7 Å². The van der Waals surface area contributed by atoms with E-state index in [0.717, 1.165) is 11.3 Å². The summed E-state index contributed by atoms with van der Waals surface area (Å²) in [4.78, 5) is 25.1. The average Bonchev–Trinajstić information content (AvgIpc) is 3.12. The van der Waals surface area contributed by atoms with E-state index in [9.17, 15) is 9.59 Å². The van der Waals surface area contributed by atoms with Crippen LogP contribution in [-0.4, -0.2) is 40.8 Å². The maximum Gasteiger partial charge on any atom is 0.353 e. The van der Waals surface area contributed by atoms with Crippen LogP contribution in [0.5, 0.6) is 5.75 Å². The first-order chi connectivity index (χ1) is 10.5. The third-order valence-corrected chi connectivity index (χ3v) is 3.79. The summed E-state index contributed by atoms with van der Waals surface area (Å²) < 4.78 is 5.21. The molecule has 1 unspecified atom stereocenters. The molecule has 1 aromatic heterocycles. The van der Waals surface area contributed by atoms with E-state index < -0.39 is 5.97 Å². The number of nitrogens with one attached hydrogen (secondary N) is 1. The van der Waals surface area contributed by atoms with Crippen molar-refractivity contribution in [3.8, 4) is 5.75 Å². The molecule has 0 spiro atoms. The number of hydrogen-bond donors (Lipinski definition) is 2. The van der Waals surface area contributed by atoms with E-state index >= 15 is 0 Å². The summed E-state index contributed by atoms with van der Waals surface area (Å²) in [6, 6.07) is 6.86. The lowest BCUT2D eigenvalue weighted by Gasteiger charge is -2.16. The van der Waals surface area contributed by atoms with Crippen LogP contribution >= 0.6 is 0 Å².